The second-order valence-electron chi connectivity index (χ2n) is 3.85. The van der Waals surface area contributed by atoms with Crippen LogP contribution in [0.2, 0.25) is 0 Å². The monoisotopic (exact) mass is 210 g/mol. The number of carboxylic acid groups (broad SMARTS) is 1. The van der Waals surface area contributed by atoms with Gasteiger partial charge in [0.05, 0.1) is 0 Å². The van der Waals surface area contributed by atoms with E-state index < -0.39 is 5.97 Å². The molecule has 0 aromatic rings. The van der Waals surface area contributed by atoms with E-state index in [0.717, 1.165) is 25.3 Å². The molecule has 0 amide bonds. The predicted molar refractivity (Wildman–Crippen MR) is 59.8 cm³/mol. The quantitative estimate of drug-likeness (QED) is 0.315. The lowest BCUT2D eigenvalue weighted by Crippen LogP contribution is -2.18. The Labute approximate surface area is 90.1 Å². The summed E-state index contributed by atoms with van der Waals surface area (Å²) in [6.45, 7) is 2.24. The first kappa shape index (κ1) is 11.8. The van der Waals surface area contributed by atoms with Gasteiger partial charge in [-0.1, -0.05) is 12.2 Å². The third kappa shape index (κ3) is 4.63. The van der Waals surface area contributed by atoms with Crippen molar-refractivity contribution in [1.82, 2.24) is 5.43 Å². The number of rotatable bonds is 5. The minimum absolute atomic E-state index is 0.110. The maximum absolute atomic E-state index is 10.4. The van der Waals surface area contributed by atoms with Crippen LogP contribution in [0.15, 0.2) is 17.3 Å². The van der Waals surface area contributed by atoms with E-state index in [1.807, 2.05) is 0 Å². The molecule has 0 aromatic heterocycles. The van der Waals surface area contributed by atoms with E-state index in [2.05, 4.69) is 22.7 Å². The first-order chi connectivity index (χ1) is 7.20. The number of nitrogens with one attached hydrogen (secondary N) is 1. The number of hydrogen-bond acceptors (Lipinski definition) is 3. The summed E-state index contributed by atoms with van der Waals surface area (Å²) in [7, 11) is 0. The minimum Gasteiger partial charge on any atom is -0.477 e. The molecule has 0 fully saturated rings. The highest BCUT2D eigenvalue weighted by Crippen LogP contribution is 2.20. The molecule has 0 saturated carbocycles. The lowest BCUT2D eigenvalue weighted by molar-refractivity contribution is -0.129. The van der Waals surface area contributed by atoms with Gasteiger partial charge in [0.2, 0.25) is 0 Å². The normalized spacial score (nSPS) is 21.4. The van der Waals surface area contributed by atoms with E-state index in [1.165, 1.54) is 19.8 Å². The van der Waals surface area contributed by atoms with Crippen molar-refractivity contribution in [1.29, 1.82) is 0 Å². The summed E-state index contributed by atoms with van der Waals surface area (Å²) in [5.74, 6) is -0.245. The van der Waals surface area contributed by atoms with Crippen molar-refractivity contribution in [2.24, 2.45) is 11.0 Å². The molecule has 0 saturated heterocycles. The largest absolute Gasteiger partial charge is 0.477 e. The Morgan fingerprint density at radius 3 is 3.00 bits per heavy atom. The van der Waals surface area contributed by atoms with Gasteiger partial charge in [0, 0.05) is 6.54 Å². The second kappa shape index (κ2) is 6.22. The molecule has 15 heavy (non-hydrogen) atoms. The van der Waals surface area contributed by atoms with Crippen LogP contribution in [0.5, 0.6) is 0 Å². The van der Waals surface area contributed by atoms with E-state index in [-0.39, 0.29) is 5.71 Å². The van der Waals surface area contributed by atoms with Crippen LogP contribution in [-0.4, -0.2) is 23.3 Å². The van der Waals surface area contributed by atoms with E-state index in [1.54, 1.807) is 0 Å². The van der Waals surface area contributed by atoms with Gasteiger partial charge in [0.25, 0.3) is 0 Å². The van der Waals surface area contributed by atoms with Crippen LogP contribution in [0.3, 0.4) is 0 Å². The van der Waals surface area contributed by atoms with E-state index in [0.29, 0.717) is 0 Å². The molecule has 0 radical (unpaired) electrons. The zero-order valence-corrected chi connectivity index (χ0v) is 9.07. The average molecular weight is 210 g/mol. The first-order valence-corrected chi connectivity index (χ1v) is 5.35. The zero-order chi connectivity index (χ0) is 11.1. The summed E-state index contributed by atoms with van der Waals surface area (Å²) >= 11 is 0. The molecule has 1 unspecified atom stereocenters. The fraction of sp³-hybridized carbons (Fsp3) is 0.636. The van der Waals surface area contributed by atoms with Gasteiger partial charge in [0.1, 0.15) is 5.71 Å². The van der Waals surface area contributed by atoms with Crippen molar-refractivity contribution >= 4 is 11.7 Å². The standard InChI is InChI=1S/C11H18N2O2/c1-9(11(14)15)13-12-8-7-10-5-3-2-4-6-10/h2-3,10,12H,4-8H2,1H3,(H,14,15)/b13-9-. The van der Waals surface area contributed by atoms with Crippen molar-refractivity contribution in [2.45, 2.75) is 32.6 Å². The molecule has 0 bridgehead atoms. The number of nitrogens with zero attached hydrogens (tertiary/aromatic N) is 1. The number of hydrogen-bond donors (Lipinski definition) is 2. The molecule has 4 heteroatoms. The van der Waals surface area contributed by atoms with Gasteiger partial charge in [-0.2, -0.15) is 5.10 Å². The van der Waals surface area contributed by atoms with Crippen LogP contribution in [0.4, 0.5) is 0 Å². The van der Waals surface area contributed by atoms with Crippen LogP contribution >= 0.6 is 0 Å². The lowest BCUT2D eigenvalue weighted by Gasteiger charge is -2.16. The van der Waals surface area contributed by atoms with Crippen LogP contribution in [0, 0.1) is 5.92 Å². The molecule has 1 aliphatic carbocycles. The Bertz CT molecular complexity index is 272. The molecule has 0 aliphatic heterocycles. The Morgan fingerprint density at radius 1 is 1.60 bits per heavy atom. The smallest absolute Gasteiger partial charge is 0.351 e. The molecule has 4 nitrogen and oxygen atoms in total. The lowest BCUT2D eigenvalue weighted by atomic mass is 9.92. The molecule has 1 aliphatic rings. The Kier molecular flexibility index (Phi) is 4.87. The third-order valence-electron chi connectivity index (χ3n) is 2.60. The average Bonchev–Trinajstić information content (AvgIpc) is 2.25. The molecule has 0 spiro atoms. The first-order valence-electron chi connectivity index (χ1n) is 5.35. The SMILES string of the molecule is C/C(=N/NCCC1CC=CCC1)C(=O)O. The van der Waals surface area contributed by atoms with Gasteiger partial charge in [-0.25, -0.2) is 4.79 Å². The third-order valence-corrected chi connectivity index (χ3v) is 2.60. The van der Waals surface area contributed by atoms with Crippen molar-refractivity contribution in [3.05, 3.63) is 12.2 Å². The topological polar surface area (TPSA) is 61.7 Å². The Morgan fingerprint density at radius 2 is 2.40 bits per heavy atom. The van der Waals surface area contributed by atoms with Gasteiger partial charge in [-0.3, -0.25) is 0 Å². The summed E-state index contributed by atoms with van der Waals surface area (Å²) in [5.41, 5.74) is 2.91. The molecular weight excluding hydrogens is 192 g/mol. The molecular formula is C11H18N2O2. The van der Waals surface area contributed by atoms with Gasteiger partial charge in [-0.05, 0) is 38.5 Å². The Hall–Kier alpha value is -1.32. The zero-order valence-electron chi connectivity index (χ0n) is 9.07. The van der Waals surface area contributed by atoms with Crippen molar-refractivity contribution in [3.8, 4) is 0 Å². The highest BCUT2D eigenvalue weighted by molar-refractivity contribution is 6.34. The van der Waals surface area contributed by atoms with Crippen LogP contribution in [-0.2, 0) is 4.79 Å². The maximum Gasteiger partial charge on any atom is 0.351 e. The fourth-order valence-corrected chi connectivity index (χ4v) is 1.61. The van der Waals surface area contributed by atoms with Gasteiger partial charge in [-0.15, -0.1) is 0 Å². The molecule has 84 valence electrons. The van der Waals surface area contributed by atoms with Crippen molar-refractivity contribution in [2.75, 3.05) is 6.54 Å². The number of allylic oxidation sites excluding steroid dienone is 2. The summed E-state index contributed by atoms with van der Waals surface area (Å²) in [5, 5.41) is 12.3. The van der Waals surface area contributed by atoms with E-state index in [4.69, 9.17) is 5.11 Å². The van der Waals surface area contributed by atoms with Crippen LogP contribution in [0.25, 0.3) is 0 Å². The highest BCUT2D eigenvalue weighted by Gasteiger charge is 2.08. The molecule has 1 atom stereocenters. The van der Waals surface area contributed by atoms with E-state index in [9.17, 15) is 4.79 Å². The Balaban J connectivity index is 2.13. The maximum atomic E-state index is 10.4. The molecule has 1 rings (SSSR count). The molecule has 0 heterocycles. The number of carbonyl (C=O) groups is 1. The number of carboxylic acids is 1. The van der Waals surface area contributed by atoms with Gasteiger partial charge >= 0.3 is 5.97 Å². The molecule has 0 aromatic carbocycles. The van der Waals surface area contributed by atoms with Gasteiger partial charge < -0.3 is 10.5 Å². The van der Waals surface area contributed by atoms with Crippen LogP contribution in [0.1, 0.15) is 32.6 Å². The van der Waals surface area contributed by atoms with Gasteiger partial charge in [0.15, 0.2) is 0 Å². The van der Waals surface area contributed by atoms with Crippen molar-refractivity contribution in [3.63, 3.8) is 0 Å². The molecule has 2 N–H and O–H groups in total. The summed E-state index contributed by atoms with van der Waals surface area (Å²) in [6, 6.07) is 0. The summed E-state index contributed by atoms with van der Waals surface area (Å²) in [6.07, 6.45) is 9.04. The van der Waals surface area contributed by atoms with Crippen LogP contribution < -0.4 is 5.43 Å². The summed E-state index contributed by atoms with van der Waals surface area (Å²) < 4.78 is 0. The van der Waals surface area contributed by atoms with E-state index >= 15 is 0 Å². The minimum atomic E-state index is -0.969. The highest BCUT2D eigenvalue weighted by atomic mass is 16.4. The fourth-order valence-electron chi connectivity index (χ4n) is 1.61. The second-order valence-corrected chi connectivity index (χ2v) is 3.85. The summed E-state index contributed by atoms with van der Waals surface area (Å²) in [4.78, 5) is 10.4. The predicted octanol–water partition coefficient (Wildman–Crippen LogP) is 1.78. The number of hydrazone groups is 1. The number of aliphatic carboxylic acids is 1. The van der Waals surface area contributed by atoms with Crippen molar-refractivity contribution < 1.29 is 9.90 Å².